The second kappa shape index (κ2) is 6.63. The smallest absolute Gasteiger partial charge is 0.346 e. The van der Waals surface area contributed by atoms with E-state index in [1.807, 2.05) is 32.1 Å². The zero-order valence-corrected chi connectivity index (χ0v) is 15.9. The maximum Gasteiger partial charge on any atom is 0.346 e. The van der Waals surface area contributed by atoms with E-state index in [9.17, 15) is 9.90 Å². The van der Waals surface area contributed by atoms with Crippen molar-refractivity contribution >= 4 is 0 Å². The van der Waals surface area contributed by atoms with Crippen LogP contribution in [-0.2, 0) is 23.2 Å². The lowest BCUT2D eigenvalue weighted by Gasteiger charge is -2.29. The molecule has 2 aliphatic rings. The van der Waals surface area contributed by atoms with Gasteiger partial charge in [-0.2, -0.15) is 0 Å². The highest BCUT2D eigenvalue weighted by Crippen LogP contribution is 2.51. The van der Waals surface area contributed by atoms with Crippen LogP contribution in [0.15, 0.2) is 49.9 Å². The van der Waals surface area contributed by atoms with Gasteiger partial charge in [0.1, 0.15) is 28.4 Å². The van der Waals surface area contributed by atoms with Gasteiger partial charge in [-0.1, -0.05) is 13.3 Å². The fourth-order valence-corrected chi connectivity index (χ4v) is 4.32. The molecule has 0 radical (unpaired) electrons. The third-order valence-corrected chi connectivity index (χ3v) is 5.80. The van der Waals surface area contributed by atoms with Gasteiger partial charge in [-0.05, 0) is 49.8 Å². The molecule has 2 aromatic heterocycles. The van der Waals surface area contributed by atoms with Crippen LogP contribution in [0, 0.1) is 5.41 Å². The summed E-state index contributed by atoms with van der Waals surface area (Å²) in [6, 6.07) is 5.46. The summed E-state index contributed by atoms with van der Waals surface area (Å²) in [5.74, 6) is 2.23. The molecule has 1 fully saturated rings. The Hall–Kier alpha value is -2.43. The van der Waals surface area contributed by atoms with Crippen LogP contribution in [0.1, 0.15) is 63.0 Å². The lowest BCUT2D eigenvalue weighted by molar-refractivity contribution is 0.00891. The average Bonchev–Trinajstić information content (AvgIpc) is 2.99. The topological polar surface area (TPSA) is 72.8 Å². The van der Waals surface area contributed by atoms with Crippen LogP contribution in [0.4, 0.5) is 0 Å². The lowest BCUT2D eigenvalue weighted by atomic mass is 9.87. The summed E-state index contributed by atoms with van der Waals surface area (Å²) in [6.07, 6.45) is 9.27. The minimum atomic E-state index is -0.812. The Kier molecular flexibility index (Phi) is 4.41. The number of aromatic hydroxyl groups is 1. The van der Waals surface area contributed by atoms with Gasteiger partial charge in [0, 0.05) is 25.3 Å². The molecule has 0 spiro atoms. The van der Waals surface area contributed by atoms with Crippen LogP contribution >= 0.6 is 0 Å². The van der Waals surface area contributed by atoms with E-state index >= 15 is 0 Å². The maximum absolute atomic E-state index is 12.8. The monoisotopic (exact) mass is 370 g/mol. The summed E-state index contributed by atoms with van der Waals surface area (Å²) in [4.78, 5) is 12.8. The minimum absolute atomic E-state index is 0.0217. The Balaban J connectivity index is 1.60. The van der Waals surface area contributed by atoms with Crippen molar-refractivity contribution in [2.75, 3.05) is 0 Å². The molecular formula is C22H26O5. The number of furan rings is 1. The molecule has 5 heteroatoms. The number of hydrogen-bond donors (Lipinski definition) is 1. The number of hydrogen-bond acceptors (Lipinski definition) is 5. The van der Waals surface area contributed by atoms with E-state index in [2.05, 4.69) is 0 Å². The van der Waals surface area contributed by atoms with Crippen LogP contribution in [0.25, 0.3) is 0 Å². The summed E-state index contributed by atoms with van der Waals surface area (Å²) < 4.78 is 17.1. The van der Waals surface area contributed by atoms with Gasteiger partial charge in [0.05, 0.1) is 12.0 Å². The fraction of sp³-hybridized carbons (Fsp3) is 0.500. The zero-order chi connectivity index (χ0) is 19.1. The van der Waals surface area contributed by atoms with Crippen molar-refractivity contribution in [2.45, 2.75) is 64.4 Å². The van der Waals surface area contributed by atoms with E-state index < -0.39 is 11.2 Å². The highest BCUT2D eigenvalue weighted by atomic mass is 16.5. The van der Waals surface area contributed by atoms with Crippen molar-refractivity contribution in [1.82, 2.24) is 0 Å². The van der Waals surface area contributed by atoms with Gasteiger partial charge in [0.25, 0.3) is 0 Å². The molecule has 5 nitrogen and oxygen atoms in total. The van der Waals surface area contributed by atoms with Crippen molar-refractivity contribution in [3.8, 4) is 5.75 Å². The number of ether oxygens (including phenoxy) is 1. The predicted octanol–water partition coefficient (Wildman–Crippen LogP) is 4.82. The Morgan fingerprint density at radius 3 is 2.56 bits per heavy atom. The van der Waals surface area contributed by atoms with E-state index in [-0.39, 0.29) is 16.7 Å². The van der Waals surface area contributed by atoms with E-state index in [4.69, 9.17) is 13.6 Å². The standard InChI is InChI=1S/C22H26O5/c1-3-7-22(8-6-15(2)27-22)19-18(23)12-17(26-20(19)24)14-21(9-10-21)13-16-5-4-11-25-16/h4-6,11-12,23H,3,7-10,13-14H2,1-2H3. The van der Waals surface area contributed by atoms with Crippen molar-refractivity contribution in [3.05, 3.63) is 63.8 Å². The molecule has 27 heavy (non-hydrogen) atoms. The van der Waals surface area contributed by atoms with Gasteiger partial charge in [-0.15, -0.1) is 0 Å². The quantitative estimate of drug-likeness (QED) is 0.756. The van der Waals surface area contributed by atoms with E-state index in [0.717, 1.165) is 37.2 Å². The molecule has 1 aliphatic heterocycles. The summed E-state index contributed by atoms with van der Waals surface area (Å²) in [5.41, 5.74) is -0.995. The molecule has 1 N–H and O–H groups in total. The molecule has 3 heterocycles. The number of allylic oxidation sites excluding steroid dienone is 1. The molecule has 1 aliphatic carbocycles. The average molecular weight is 370 g/mol. The molecule has 1 saturated carbocycles. The molecule has 0 amide bonds. The summed E-state index contributed by atoms with van der Waals surface area (Å²) in [5, 5.41) is 10.7. The minimum Gasteiger partial charge on any atom is -0.507 e. The van der Waals surface area contributed by atoms with Crippen LogP contribution in [0.3, 0.4) is 0 Å². The fourth-order valence-electron chi connectivity index (χ4n) is 4.32. The van der Waals surface area contributed by atoms with E-state index in [1.165, 1.54) is 0 Å². The second-order valence-electron chi connectivity index (χ2n) is 8.06. The van der Waals surface area contributed by atoms with Gasteiger partial charge in [0.2, 0.25) is 0 Å². The largest absolute Gasteiger partial charge is 0.507 e. The van der Waals surface area contributed by atoms with Gasteiger partial charge in [-0.25, -0.2) is 4.79 Å². The zero-order valence-electron chi connectivity index (χ0n) is 15.9. The molecule has 144 valence electrons. The molecule has 2 aromatic rings. The molecule has 0 bridgehead atoms. The first-order valence-corrected chi connectivity index (χ1v) is 9.70. The molecular weight excluding hydrogens is 344 g/mol. The van der Waals surface area contributed by atoms with Gasteiger partial charge < -0.3 is 18.7 Å². The third kappa shape index (κ3) is 3.43. The summed E-state index contributed by atoms with van der Waals surface area (Å²) >= 11 is 0. The van der Waals surface area contributed by atoms with E-state index in [0.29, 0.717) is 25.0 Å². The molecule has 1 atom stereocenters. The van der Waals surface area contributed by atoms with Crippen LogP contribution in [-0.4, -0.2) is 5.11 Å². The van der Waals surface area contributed by atoms with E-state index in [1.54, 1.807) is 12.3 Å². The van der Waals surface area contributed by atoms with Crippen molar-refractivity contribution < 1.29 is 18.7 Å². The van der Waals surface area contributed by atoms with Crippen molar-refractivity contribution in [3.63, 3.8) is 0 Å². The first kappa shape index (κ1) is 18.0. The molecule has 0 aromatic carbocycles. The third-order valence-electron chi connectivity index (χ3n) is 5.80. The van der Waals surface area contributed by atoms with Crippen LogP contribution in [0.2, 0.25) is 0 Å². The Morgan fingerprint density at radius 2 is 2.00 bits per heavy atom. The summed E-state index contributed by atoms with van der Waals surface area (Å²) in [6.45, 7) is 3.91. The van der Waals surface area contributed by atoms with Crippen LogP contribution < -0.4 is 5.63 Å². The molecule has 0 saturated heterocycles. The van der Waals surface area contributed by atoms with Gasteiger partial charge >= 0.3 is 5.63 Å². The Bertz CT molecular complexity index is 901. The highest BCUT2D eigenvalue weighted by Gasteiger charge is 2.45. The Labute approximate surface area is 158 Å². The number of rotatable bonds is 7. The normalized spacial score (nSPS) is 23.1. The van der Waals surface area contributed by atoms with Gasteiger partial charge in [0.15, 0.2) is 0 Å². The highest BCUT2D eigenvalue weighted by molar-refractivity contribution is 5.38. The predicted molar refractivity (Wildman–Crippen MR) is 100 cm³/mol. The lowest BCUT2D eigenvalue weighted by Crippen LogP contribution is -2.32. The van der Waals surface area contributed by atoms with Crippen molar-refractivity contribution in [1.29, 1.82) is 0 Å². The van der Waals surface area contributed by atoms with Gasteiger partial charge in [-0.3, -0.25) is 0 Å². The molecule has 4 rings (SSSR count). The first-order chi connectivity index (χ1) is 13.0. The molecule has 1 unspecified atom stereocenters. The maximum atomic E-state index is 12.8. The van der Waals surface area contributed by atoms with Crippen molar-refractivity contribution in [2.24, 2.45) is 5.41 Å². The Morgan fingerprint density at radius 1 is 1.22 bits per heavy atom. The first-order valence-electron chi connectivity index (χ1n) is 9.70. The second-order valence-corrected chi connectivity index (χ2v) is 8.06. The van der Waals surface area contributed by atoms with Crippen LogP contribution in [0.5, 0.6) is 5.75 Å². The summed E-state index contributed by atoms with van der Waals surface area (Å²) in [7, 11) is 0. The SMILES string of the molecule is CCCC1(c2c(O)cc(CC3(Cc4ccco4)CC3)oc2=O)CC=C(C)O1.